The van der Waals surface area contributed by atoms with Crippen molar-refractivity contribution < 1.29 is 23.8 Å². The van der Waals surface area contributed by atoms with E-state index in [1.54, 1.807) is 21.0 Å². The highest BCUT2D eigenvalue weighted by Crippen LogP contribution is 2.36. The first-order valence-electron chi connectivity index (χ1n) is 6.38. The van der Waals surface area contributed by atoms with E-state index in [2.05, 4.69) is 0 Å². The molecule has 112 valence electrons. The van der Waals surface area contributed by atoms with Gasteiger partial charge < -0.3 is 19.0 Å². The van der Waals surface area contributed by atoms with E-state index in [1.807, 2.05) is 0 Å². The molecule has 0 atom stereocenters. The van der Waals surface area contributed by atoms with Gasteiger partial charge in [-0.25, -0.2) is 4.79 Å². The second-order valence-corrected chi connectivity index (χ2v) is 4.61. The number of phenolic OH excluding ortho intramolecular Hbond substituents is 1. The van der Waals surface area contributed by atoms with Crippen molar-refractivity contribution in [3.63, 3.8) is 0 Å². The molecule has 2 aromatic rings. The second kappa shape index (κ2) is 5.97. The highest BCUT2D eigenvalue weighted by Gasteiger charge is 2.19. The molecular weight excluding hydrogens is 276 g/mol. The van der Waals surface area contributed by atoms with Gasteiger partial charge in [0.1, 0.15) is 18.1 Å². The number of aromatic hydroxyl groups is 1. The van der Waals surface area contributed by atoms with Crippen molar-refractivity contribution in [2.45, 2.75) is 13.8 Å². The Hall–Kier alpha value is -2.34. The van der Waals surface area contributed by atoms with E-state index >= 15 is 0 Å². The van der Waals surface area contributed by atoms with Crippen LogP contribution < -0.4 is 10.4 Å². The van der Waals surface area contributed by atoms with Gasteiger partial charge in [0, 0.05) is 18.7 Å². The van der Waals surface area contributed by atoms with E-state index in [9.17, 15) is 14.7 Å². The minimum absolute atomic E-state index is 0.0329. The number of hydrogen-bond acceptors (Lipinski definition) is 6. The summed E-state index contributed by atoms with van der Waals surface area (Å²) in [6, 6.07) is 1.34. The summed E-state index contributed by atoms with van der Waals surface area (Å²) in [5.74, 6) is 0.0471. The van der Waals surface area contributed by atoms with Crippen molar-refractivity contribution in [3.05, 3.63) is 33.2 Å². The summed E-state index contributed by atoms with van der Waals surface area (Å²) >= 11 is 0. The maximum atomic E-state index is 11.8. The molecule has 21 heavy (non-hydrogen) atoms. The molecule has 1 N–H and O–H groups in total. The van der Waals surface area contributed by atoms with Crippen LogP contribution in [0.15, 0.2) is 15.3 Å². The number of phenols is 1. The van der Waals surface area contributed by atoms with Crippen LogP contribution >= 0.6 is 0 Å². The number of benzene rings is 1. The maximum Gasteiger partial charge on any atom is 0.339 e. The zero-order valence-electron chi connectivity index (χ0n) is 12.1. The number of carbonyl (C=O) groups is 1. The van der Waals surface area contributed by atoms with E-state index in [0.717, 1.165) is 0 Å². The molecule has 0 saturated carbocycles. The van der Waals surface area contributed by atoms with Crippen LogP contribution in [-0.2, 0) is 4.74 Å². The fourth-order valence-electron chi connectivity index (χ4n) is 2.07. The average Bonchev–Trinajstić information content (AvgIpc) is 2.45. The third-order valence-corrected chi connectivity index (χ3v) is 3.36. The van der Waals surface area contributed by atoms with Crippen LogP contribution in [0.2, 0.25) is 0 Å². The first kappa shape index (κ1) is 15.1. The molecule has 1 aromatic heterocycles. The summed E-state index contributed by atoms with van der Waals surface area (Å²) in [5, 5.41) is 10.4. The second-order valence-electron chi connectivity index (χ2n) is 4.61. The number of aryl methyl sites for hydroxylation is 1. The number of ether oxygens (including phenoxy) is 2. The molecule has 1 heterocycles. The van der Waals surface area contributed by atoms with E-state index in [4.69, 9.17) is 13.9 Å². The van der Waals surface area contributed by atoms with Crippen molar-refractivity contribution in [1.29, 1.82) is 0 Å². The third-order valence-electron chi connectivity index (χ3n) is 3.36. The molecule has 0 bridgehead atoms. The largest absolute Gasteiger partial charge is 0.507 e. The lowest BCUT2D eigenvalue weighted by atomic mass is 10.0. The molecule has 0 saturated heterocycles. The van der Waals surface area contributed by atoms with Crippen LogP contribution in [0.1, 0.15) is 21.5 Å². The fraction of sp³-hybridized carbons (Fsp3) is 0.333. The molecule has 0 amide bonds. The first-order valence-corrected chi connectivity index (χ1v) is 6.38. The van der Waals surface area contributed by atoms with Gasteiger partial charge in [0.15, 0.2) is 11.9 Å². The zero-order valence-corrected chi connectivity index (χ0v) is 12.1. The highest BCUT2D eigenvalue weighted by atomic mass is 16.5. The van der Waals surface area contributed by atoms with Gasteiger partial charge >= 0.3 is 5.63 Å². The van der Waals surface area contributed by atoms with Crippen LogP contribution in [-0.4, -0.2) is 31.7 Å². The Morgan fingerprint density at radius 3 is 2.62 bits per heavy atom. The van der Waals surface area contributed by atoms with E-state index in [0.29, 0.717) is 35.2 Å². The Kier molecular flexibility index (Phi) is 4.28. The minimum Gasteiger partial charge on any atom is -0.507 e. The summed E-state index contributed by atoms with van der Waals surface area (Å²) in [7, 11) is 1.54. The van der Waals surface area contributed by atoms with Gasteiger partial charge in [-0.3, -0.25) is 4.79 Å². The monoisotopic (exact) mass is 292 g/mol. The van der Waals surface area contributed by atoms with E-state index in [1.165, 1.54) is 6.07 Å². The Labute approximate surface area is 120 Å². The molecule has 6 nitrogen and oxygen atoms in total. The topological polar surface area (TPSA) is 86.0 Å². The van der Waals surface area contributed by atoms with Gasteiger partial charge in [0.2, 0.25) is 0 Å². The predicted molar refractivity (Wildman–Crippen MR) is 76.4 cm³/mol. The van der Waals surface area contributed by atoms with Crippen LogP contribution in [0.5, 0.6) is 11.5 Å². The lowest BCUT2D eigenvalue weighted by Crippen LogP contribution is -2.09. The normalized spacial score (nSPS) is 10.8. The summed E-state index contributed by atoms with van der Waals surface area (Å²) in [6.07, 6.45) is 0.453. The Morgan fingerprint density at radius 1 is 1.29 bits per heavy atom. The van der Waals surface area contributed by atoms with Crippen LogP contribution in [0.3, 0.4) is 0 Å². The average molecular weight is 292 g/mol. The summed E-state index contributed by atoms with van der Waals surface area (Å²) in [4.78, 5) is 22.9. The van der Waals surface area contributed by atoms with Crippen LogP contribution in [0, 0.1) is 13.8 Å². The molecule has 0 aliphatic heterocycles. The Balaban J connectivity index is 2.77. The SMILES string of the molecule is COCCOc1cc(O)c(C=O)c2oc(=O)c(C)c(C)c12. The lowest BCUT2D eigenvalue weighted by Gasteiger charge is -2.13. The molecule has 0 aliphatic rings. The van der Waals surface area contributed by atoms with Gasteiger partial charge in [-0.05, 0) is 19.4 Å². The van der Waals surface area contributed by atoms with Gasteiger partial charge in [-0.1, -0.05) is 0 Å². The van der Waals surface area contributed by atoms with Gasteiger partial charge in [0.05, 0.1) is 17.6 Å². The highest BCUT2D eigenvalue weighted by molar-refractivity contribution is 6.01. The van der Waals surface area contributed by atoms with Crippen molar-refractivity contribution in [2.75, 3.05) is 20.3 Å². The minimum atomic E-state index is -0.545. The number of rotatable bonds is 5. The molecule has 6 heteroatoms. The van der Waals surface area contributed by atoms with Crippen molar-refractivity contribution in [3.8, 4) is 11.5 Å². The number of carbonyl (C=O) groups excluding carboxylic acids is 1. The molecular formula is C15H16O6. The standard InChI is InChI=1S/C15H16O6/c1-8-9(2)15(18)21-14-10(7-16)11(17)6-12(13(8)14)20-5-4-19-3/h6-7,17H,4-5H2,1-3H3. The van der Waals surface area contributed by atoms with Crippen molar-refractivity contribution >= 4 is 17.3 Å². The first-order chi connectivity index (χ1) is 10.0. The van der Waals surface area contributed by atoms with Crippen molar-refractivity contribution in [2.24, 2.45) is 0 Å². The summed E-state index contributed by atoms with van der Waals surface area (Å²) < 4.78 is 15.6. The maximum absolute atomic E-state index is 11.8. The molecule has 0 aliphatic carbocycles. The van der Waals surface area contributed by atoms with Crippen LogP contribution in [0.25, 0.3) is 11.0 Å². The van der Waals surface area contributed by atoms with Gasteiger partial charge in [-0.15, -0.1) is 0 Å². The van der Waals surface area contributed by atoms with Crippen LogP contribution in [0.4, 0.5) is 0 Å². The molecule has 0 spiro atoms. The van der Waals surface area contributed by atoms with Gasteiger partial charge in [-0.2, -0.15) is 0 Å². The molecule has 2 rings (SSSR count). The number of methoxy groups -OCH3 is 1. The fourth-order valence-corrected chi connectivity index (χ4v) is 2.07. The predicted octanol–water partition coefficient (Wildman–Crippen LogP) is 1.95. The number of hydrogen-bond donors (Lipinski definition) is 1. The quantitative estimate of drug-likeness (QED) is 0.515. The summed E-state index contributed by atoms with van der Waals surface area (Å²) in [6.45, 7) is 4.01. The molecule has 0 radical (unpaired) electrons. The zero-order chi connectivity index (χ0) is 15.6. The number of fused-ring (bicyclic) bond motifs is 1. The van der Waals surface area contributed by atoms with E-state index in [-0.39, 0.29) is 23.5 Å². The Morgan fingerprint density at radius 2 is 2.00 bits per heavy atom. The number of aldehydes is 1. The molecule has 1 aromatic carbocycles. The third kappa shape index (κ3) is 2.62. The Bertz CT molecular complexity index is 744. The van der Waals surface area contributed by atoms with Gasteiger partial charge in [0.25, 0.3) is 0 Å². The molecule has 0 fully saturated rings. The lowest BCUT2D eigenvalue weighted by molar-refractivity contribution is 0.112. The van der Waals surface area contributed by atoms with Crippen molar-refractivity contribution in [1.82, 2.24) is 0 Å². The molecule has 0 unspecified atom stereocenters. The van der Waals surface area contributed by atoms with E-state index < -0.39 is 5.63 Å². The summed E-state index contributed by atoms with van der Waals surface area (Å²) in [5.41, 5.74) is 0.504. The smallest absolute Gasteiger partial charge is 0.339 e.